The molecule has 2 heterocycles. The van der Waals surface area contributed by atoms with Crippen LogP contribution in [0.4, 0.5) is 5.69 Å². The van der Waals surface area contributed by atoms with Crippen LogP contribution in [-0.4, -0.2) is 11.5 Å². The summed E-state index contributed by atoms with van der Waals surface area (Å²) in [5, 5.41) is 1.12. The van der Waals surface area contributed by atoms with E-state index in [-0.39, 0.29) is 6.04 Å². The summed E-state index contributed by atoms with van der Waals surface area (Å²) in [5.74, 6) is 0. The molecule has 0 saturated heterocycles. The molecule has 0 spiro atoms. The number of aromatic nitrogens is 1. The summed E-state index contributed by atoms with van der Waals surface area (Å²) < 4.78 is 0. The molecule has 1 aromatic carbocycles. The van der Waals surface area contributed by atoms with Gasteiger partial charge in [0.15, 0.2) is 0 Å². The van der Waals surface area contributed by atoms with Gasteiger partial charge in [0, 0.05) is 23.5 Å². The Kier molecular flexibility index (Phi) is 4.03. The van der Waals surface area contributed by atoms with Gasteiger partial charge in [0.25, 0.3) is 0 Å². The van der Waals surface area contributed by atoms with E-state index in [0.717, 1.165) is 37.4 Å². The minimum atomic E-state index is 0.112. The van der Waals surface area contributed by atoms with Crippen LogP contribution in [-0.2, 0) is 13.0 Å². The van der Waals surface area contributed by atoms with Crippen molar-refractivity contribution in [2.24, 2.45) is 5.73 Å². The van der Waals surface area contributed by atoms with E-state index in [9.17, 15) is 0 Å². The summed E-state index contributed by atoms with van der Waals surface area (Å²) in [6.07, 6.45) is 3.16. The lowest BCUT2D eigenvalue weighted by atomic mass is 10.1. The maximum absolute atomic E-state index is 6.20. The SMILES string of the molecule is CCCC(N)c1nc2c(s1)CN(c1ccccc1)CC2. The number of thiazole rings is 1. The fourth-order valence-corrected chi connectivity index (χ4v) is 3.83. The van der Waals surface area contributed by atoms with Gasteiger partial charge in [-0.2, -0.15) is 0 Å². The number of nitrogens with two attached hydrogens (primary N) is 1. The van der Waals surface area contributed by atoms with Gasteiger partial charge in [-0.3, -0.25) is 0 Å². The molecule has 0 radical (unpaired) electrons. The molecule has 106 valence electrons. The van der Waals surface area contributed by atoms with Crippen LogP contribution in [0, 0.1) is 0 Å². The van der Waals surface area contributed by atoms with E-state index in [2.05, 4.69) is 42.2 Å². The van der Waals surface area contributed by atoms with Crippen molar-refractivity contribution in [3.05, 3.63) is 45.9 Å². The van der Waals surface area contributed by atoms with E-state index in [1.54, 1.807) is 11.3 Å². The first-order valence-corrected chi connectivity index (χ1v) is 8.13. The van der Waals surface area contributed by atoms with E-state index < -0.39 is 0 Å². The topological polar surface area (TPSA) is 42.1 Å². The second kappa shape index (κ2) is 5.94. The highest BCUT2D eigenvalue weighted by Crippen LogP contribution is 2.31. The first kappa shape index (κ1) is 13.6. The molecular formula is C16H21N3S. The van der Waals surface area contributed by atoms with E-state index in [1.165, 1.54) is 16.3 Å². The molecule has 20 heavy (non-hydrogen) atoms. The summed E-state index contributed by atoms with van der Waals surface area (Å²) in [5.41, 5.74) is 8.76. The summed E-state index contributed by atoms with van der Waals surface area (Å²) in [6, 6.07) is 10.7. The Labute approximate surface area is 124 Å². The molecular weight excluding hydrogens is 266 g/mol. The van der Waals surface area contributed by atoms with Gasteiger partial charge in [-0.15, -0.1) is 11.3 Å². The van der Waals surface area contributed by atoms with Crippen LogP contribution in [0.25, 0.3) is 0 Å². The zero-order chi connectivity index (χ0) is 13.9. The Hall–Kier alpha value is -1.39. The Balaban J connectivity index is 1.78. The van der Waals surface area contributed by atoms with Gasteiger partial charge in [0.05, 0.1) is 18.3 Å². The largest absolute Gasteiger partial charge is 0.366 e. The minimum absolute atomic E-state index is 0.112. The highest BCUT2D eigenvalue weighted by molar-refractivity contribution is 7.11. The predicted octanol–water partition coefficient (Wildman–Crippen LogP) is 3.51. The number of rotatable bonds is 4. The number of hydrogen-bond donors (Lipinski definition) is 1. The highest BCUT2D eigenvalue weighted by Gasteiger charge is 2.22. The van der Waals surface area contributed by atoms with E-state index in [1.807, 2.05) is 0 Å². The third kappa shape index (κ3) is 2.72. The molecule has 1 unspecified atom stereocenters. The van der Waals surface area contributed by atoms with Crippen molar-refractivity contribution in [2.75, 3.05) is 11.4 Å². The fraction of sp³-hybridized carbons (Fsp3) is 0.438. The van der Waals surface area contributed by atoms with E-state index >= 15 is 0 Å². The fourth-order valence-electron chi connectivity index (χ4n) is 2.67. The average Bonchev–Trinajstić information content (AvgIpc) is 2.91. The Morgan fingerprint density at radius 1 is 1.35 bits per heavy atom. The van der Waals surface area contributed by atoms with Gasteiger partial charge in [-0.25, -0.2) is 4.98 Å². The van der Waals surface area contributed by atoms with Gasteiger partial charge in [0.1, 0.15) is 5.01 Å². The second-order valence-corrected chi connectivity index (χ2v) is 6.44. The third-order valence-corrected chi connectivity index (χ3v) is 5.00. The lowest BCUT2D eigenvalue weighted by molar-refractivity contribution is 0.630. The molecule has 3 rings (SSSR count). The van der Waals surface area contributed by atoms with Crippen LogP contribution in [0.2, 0.25) is 0 Å². The number of anilines is 1. The van der Waals surface area contributed by atoms with Crippen molar-refractivity contribution < 1.29 is 0 Å². The molecule has 4 heteroatoms. The second-order valence-electron chi connectivity index (χ2n) is 5.32. The van der Waals surface area contributed by atoms with Crippen LogP contribution in [0.5, 0.6) is 0 Å². The molecule has 0 aliphatic carbocycles. The quantitative estimate of drug-likeness (QED) is 0.935. The Morgan fingerprint density at radius 2 is 2.15 bits per heavy atom. The molecule has 2 aromatic rings. The molecule has 2 N–H and O–H groups in total. The van der Waals surface area contributed by atoms with Crippen molar-refractivity contribution >= 4 is 17.0 Å². The lowest BCUT2D eigenvalue weighted by Gasteiger charge is -2.28. The Morgan fingerprint density at radius 3 is 2.90 bits per heavy atom. The molecule has 3 nitrogen and oxygen atoms in total. The molecule has 0 bridgehead atoms. The van der Waals surface area contributed by atoms with Crippen LogP contribution >= 0.6 is 11.3 Å². The first-order valence-electron chi connectivity index (χ1n) is 7.32. The van der Waals surface area contributed by atoms with Crippen LogP contribution < -0.4 is 10.6 Å². The average molecular weight is 287 g/mol. The molecule has 1 aliphatic rings. The van der Waals surface area contributed by atoms with Crippen molar-refractivity contribution in [1.29, 1.82) is 0 Å². The van der Waals surface area contributed by atoms with Crippen molar-refractivity contribution in [3.8, 4) is 0 Å². The van der Waals surface area contributed by atoms with Gasteiger partial charge in [0.2, 0.25) is 0 Å². The standard InChI is InChI=1S/C16H21N3S/c1-2-6-13(17)16-18-14-9-10-19(11-15(14)20-16)12-7-4-3-5-8-12/h3-5,7-8,13H,2,6,9-11,17H2,1H3. The van der Waals surface area contributed by atoms with E-state index in [4.69, 9.17) is 10.7 Å². The van der Waals surface area contributed by atoms with Gasteiger partial charge in [-0.05, 0) is 18.6 Å². The van der Waals surface area contributed by atoms with E-state index in [0.29, 0.717) is 0 Å². The van der Waals surface area contributed by atoms with Crippen molar-refractivity contribution in [2.45, 2.75) is 38.8 Å². The summed E-state index contributed by atoms with van der Waals surface area (Å²) in [6.45, 7) is 4.18. The normalized spacial score (nSPS) is 16.0. The maximum Gasteiger partial charge on any atom is 0.110 e. The van der Waals surface area contributed by atoms with Crippen LogP contribution in [0.1, 0.15) is 41.4 Å². The number of benzene rings is 1. The lowest BCUT2D eigenvalue weighted by Crippen LogP contribution is -2.29. The molecule has 1 aromatic heterocycles. The van der Waals surface area contributed by atoms with Crippen molar-refractivity contribution in [1.82, 2.24) is 4.98 Å². The van der Waals surface area contributed by atoms with Crippen LogP contribution in [0.15, 0.2) is 30.3 Å². The maximum atomic E-state index is 6.20. The summed E-state index contributed by atoms with van der Waals surface area (Å²) >= 11 is 1.80. The molecule has 0 fully saturated rings. The molecule has 0 saturated carbocycles. The first-order chi connectivity index (χ1) is 9.78. The van der Waals surface area contributed by atoms with Crippen LogP contribution in [0.3, 0.4) is 0 Å². The van der Waals surface area contributed by atoms with Gasteiger partial charge >= 0.3 is 0 Å². The monoisotopic (exact) mass is 287 g/mol. The number of para-hydroxylation sites is 1. The summed E-state index contributed by atoms with van der Waals surface area (Å²) in [4.78, 5) is 8.58. The number of fused-ring (bicyclic) bond motifs is 1. The zero-order valence-electron chi connectivity index (χ0n) is 11.9. The smallest absolute Gasteiger partial charge is 0.110 e. The Bertz CT molecular complexity index is 564. The molecule has 1 atom stereocenters. The zero-order valence-corrected chi connectivity index (χ0v) is 12.7. The molecule has 1 aliphatic heterocycles. The van der Waals surface area contributed by atoms with Gasteiger partial charge < -0.3 is 10.6 Å². The third-order valence-electron chi connectivity index (χ3n) is 3.79. The number of nitrogens with zero attached hydrogens (tertiary/aromatic N) is 2. The number of hydrogen-bond acceptors (Lipinski definition) is 4. The van der Waals surface area contributed by atoms with Crippen molar-refractivity contribution in [3.63, 3.8) is 0 Å². The summed E-state index contributed by atoms with van der Waals surface area (Å²) in [7, 11) is 0. The van der Waals surface area contributed by atoms with Gasteiger partial charge in [-0.1, -0.05) is 31.5 Å². The minimum Gasteiger partial charge on any atom is -0.366 e. The highest BCUT2D eigenvalue weighted by atomic mass is 32.1. The predicted molar refractivity (Wildman–Crippen MR) is 85.1 cm³/mol. The molecule has 0 amide bonds.